The Labute approximate surface area is 374 Å². The van der Waals surface area contributed by atoms with Gasteiger partial charge in [0.2, 0.25) is 5.91 Å². The molecular weight excluding hydrogens is 735 g/mol. The minimum atomic E-state index is -0.860. The average molecular weight is 836 g/mol. The lowest BCUT2D eigenvalue weighted by Crippen LogP contribution is -2.45. The fourth-order valence-electron chi connectivity index (χ4n) is 7.72. The van der Waals surface area contributed by atoms with Crippen molar-refractivity contribution < 1.29 is 15.0 Å². The molecule has 0 saturated heterocycles. The maximum Gasteiger partial charge on any atom is 0.220 e. The molecule has 4 nitrogen and oxygen atoms in total. The van der Waals surface area contributed by atoms with E-state index in [0.717, 1.165) is 57.8 Å². The van der Waals surface area contributed by atoms with Crippen LogP contribution in [0.3, 0.4) is 0 Å². The number of hydrogen-bond donors (Lipinski definition) is 3. The van der Waals surface area contributed by atoms with Crippen LogP contribution in [-0.2, 0) is 4.79 Å². The number of aliphatic hydroxyl groups excluding tert-OH is 2. The quantitative estimate of drug-likeness (QED) is 0.0422. The molecule has 0 fully saturated rings. The van der Waals surface area contributed by atoms with Crippen LogP contribution in [0.1, 0.15) is 258 Å². The lowest BCUT2D eigenvalue weighted by Gasteiger charge is -2.19. The molecule has 0 aromatic heterocycles. The predicted molar refractivity (Wildman–Crippen MR) is 267 cm³/mol. The van der Waals surface area contributed by atoms with Gasteiger partial charge >= 0.3 is 0 Å². The summed E-state index contributed by atoms with van der Waals surface area (Å²) in [7, 11) is 0. The summed E-state index contributed by atoms with van der Waals surface area (Å²) in [6.45, 7) is 4.16. The van der Waals surface area contributed by atoms with Crippen molar-refractivity contribution >= 4 is 5.91 Å². The molecule has 0 aliphatic rings. The van der Waals surface area contributed by atoms with Crippen LogP contribution in [0.5, 0.6) is 0 Å². The zero-order valence-electron chi connectivity index (χ0n) is 40.0. The zero-order valence-corrected chi connectivity index (χ0v) is 40.0. The summed E-state index contributed by atoms with van der Waals surface area (Å²) in [5.41, 5.74) is 0. The zero-order chi connectivity index (χ0) is 43.5. The van der Waals surface area contributed by atoms with Gasteiger partial charge in [-0.15, -0.1) is 0 Å². The molecule has 0 aliphatic heterocycles. The van der Waals surface area contributed by atoms with Crippen LogP contribution in [0.25, 0.3) is 0 Å². The minimum absolute atomic E-state index is 0.0735. The van der Waals surface area contributed by atoms with Crippen LogP contribution < -0.4 is 5.32 Å². The van der Waals surface area contributed by atoms with Gasteiger partial charge in [-0.3, -0.25) is 4.79 Å². The first-order chi connectivity index (χ1) is 29.7. The number of unbranched alkanes of at least 4 members (excludes halogenated alkanes) is 30. The van der Waals surface area contributed by atoms with Gasteiger partial charge in [0.1, 0.15) is 0 Å². The Morgan fingerprint density at radius 1 is 0.417 bits per heavy atom. The summed E-state index contributed by atoms with van der Waals surface area (Å²) < 4.78 is 0. The minimum Gasteiger partial charge on any atom is -0.394 e. The molecule has 0 rings (SSSR count). The summed E-state index contributed by atoms with van der Waals surface area (Å²) >= 11 is 0. The fourth-order valence-corrected chi connectivity index (χ4v) is 7.72. The van der Waals surface area contributed by atoms with E-state index in [1.807, 2.05) is 6.08 Å². The molecule has 4 heteroatoms. The Kier molecular flexibility index (Phi) is 49.3. The van der Waals surface area contributed by atoms with E-state index in [4.69, 9.17) is 0 Å². The van der Waals surface area contributed by atoms with Crippen molar-refractivity contribution in [3.05, 3.63) is 72.9 Å². The van der Waals surface area contributed by atoms with Crippen molar-refractivity contribution in [1.82, 2.24) is 5.32 Å². The number of allylic oxidation sites excluding steroid dienone is 11. The van der Waals surface area contributed by atoms with Crippen LogP contribution in [-0.4, -0.2) is 34.9 Å². The van der Waals surface area contributed by atoms with Crippen molar-refractivity contribution in [3.8, 4) is 0 Å². The fraction of sp³-hybridized carbons (Fsp3) is 0.768. The number of aliphatic hydroxyl groups is 2. The Balaban J connectivity index is 3.41. The first kappa shape index (κ1) is 57.8. The standard InChI is InChI=1S/C56H101NO3/c1-3-5-7-9-11-13-15-16-17-18-19-20-21-22-23-24-25-26-27-28-29-30-31-32-33-34-35-36-37-38-39-40-42-44-46-48-50-52-56(60)57-54(53-58)55(59)51-49-47-45-43-41-14-12-10-8-6-4-2/h5,7,11,13,16-17,19-20,41,43,49,51,54-55,58-59H,3-4,6,8-10,12,14-15,18,21-40,42,44-48,50,52-53H2,1-2H3,(H,57,60)/b7-5-,13-11-,17-16-,20-19-,43-41+,51-49+. The Bertz CT molecular complexity index is 1040. The lowest BCUT2D eigenvalue weighted by atomic mass is 10.0. The lowest BCUT2D eigenvalue weighted by molar-refractivity contribution is -0.123. The summed E-state index contributed by atoms with van der Waals surface area (Å²) in [6, 6.07) is -0.637. The average Bonchev–Trinajstić information content (AvgIpc) is 3.25. The number of hydrogen-bond acceptors (Lipinski definition) is 3. The highest BCUT2D eigenvalue weighted by Gasteiger charge is 2.17. The van der Waals surface area contributed by atoms with Gasteiger partial charge in [-0.1, -0.05) is 254 Å². The molecule has 0 spiro atoms. The first-order valence-electron chi connectivity index (χ1n) is 26.2. The van der Waals surface area contributed by atoms with Gasteiger partial charge in [0.25, 0.3) is 0 Å². The largest absolute Gasteiger partial charge is 0.394 e. The van der Waals surface area contributed by atoms with Gasteiger partial charge in [0.05, 0.1) is 18.8 Å². The van der Waals surface area contributed by atoms with E-state index in [2.05, 4.69) is 79.9 Å². The Hall–Kier alpha value is -2.17. The van der Waals surface area contributed by atoms with Crippen LogP contribution in [0.15, 0.2) is 72.9 Å². The second-order valence-corrected chi connectivity index (χ2v) is 17.6. The SMILES string of the molecule is CC/C=C\C/C=C\C/C=C\C/C=C\CCCCCCCCCCCCCCCCCCCCCCCCCCC(=O)NC(CO)C(O)/C=C/CC/C=C/CCCCCCC. The van der Waals surface area contributed by atoms with E-state index in [1.54, 1.807) is 6.08 Å². The molecule has 0 heterocycles. The van der Waals surface area contributed by atoms with Crippen LogP contribution in [0.2, 0.25) is 0 Å². The molecule has 348 valence electrons. The molecule has 0 aromatic rings. The highest BCUT2D eigenvalue weighted by Crippen LogP contribution is 2.16. The molecule has 0 aliphatic carbocycles. The van der Waals surface area contributed by atoms with E-state index in [0.29, 0.717) is 6.42 Å². The summed E-state index contributed by atoms with van der Waals surface area (Å²) in [6.07, 6.45) is 73.5. The third kappa shape index (κ3) is 46.9. The number of amides is 1. The van der Waals surface area contributed by atoms with Crippen molar-refractivity contribution in [1.29, 1.82) is 0 Å². The molecular formula is C56H101NO3. The van der Waals surface area contributed by atoms with E-state index >= 15 is 0 Å². The molecule has 3 N–H and O–H groups in total. The number of carbonyl (C=O) groups is 1. The molecule has 60 heavy (non-hydrogen) atoms. The van der Waals surface area contributed by atoms with E-state index in [1.165, 1.54) is 180 Å². The molecule has 0 bridgehead atoms. The van der Waals surface area contributed by atoms with Gasteiger partial charge in [0.15, 0.2) is 0 Å². The van der Waals surface area contributed by atoms with Crippen LogP contribution in [0, 0.1) is 0 Å². The second kappa shape index (κ2) is 51.2. The van der Waals surface area contributed by atoms with Crippen LogP contribution in [0.4, 0.5) is 0 Å². The van der Waals surface area contributed by atoms with Gasteiger partial charge in [-0.05, 0) is 70.6 Å². The normalized spacial score (nSPS) is 13.5. The molecule has 2 atom stereocenters. The van der Waals surface area contributed by atoms with Gasteiger partial charge in [-0.2, -0.15) is 0 Å². The molecule has 0 saturated carbocycles. The molecule has 1 amide bonds. The topological polar surface area (TPSA) is 69.6 Å². The maximum atomic E-state index is 12.4. The maximum absolute atomic E-state index is 12.4. The van der Waals surface area contributed by atoms with Crippen molar-refractivity contribution in [2.45, 2.75) is 270 Å². The summed E-state index contributed by atoms with van der Waals surface area (Å²) in [5, 5.41) is 23.0. The molecule has 0 radical (unpaired) electrons. The van der Waals surface area contributed by atoms with Gasteiger partial charge < -0.3 is 15.5 Å². The summed E-state index contributed by atoms with van der Waals surface area (Å²) in [5.74, 6) is -0.0735. The first-order valence-corrected chi connectivity index (χ1v) is 26.2. The van der Waals surface area contributed by atoms with Crippen molar-refractivity contribution in [3.63, 3.8) is 0 Å². The third-order valence-corrected chi connectivity index (χ3v) is 11.7. The number of nitrogens with one attached hydrogen (secondary N) is 1. The Morgan fingerprint density at radius 2 is 0.750 bits per heavy atom. The van der Waals surface area contributed by atoms with E-state index < -0.39 is 12.1 Å². The van der Waals surface area contributed by atoms with Gasteiger partial charge in [-0.25, -0.2) is 0 Å². The predicted octanol–water partition coefficient (Wildman–Crippen LogP) is 17.0. The number of rotatable bonds is 47. The van der Waals surface area contributed by atoms with E-state index in [-0.39, 0.29) is 12.5 Å². The highest BCUT2D eigenvalue weighted by molar-refractivity contribution is 5.76. The Morgan fingerprint density at radius 3 is 1.17 bits per heavy atom. The van der Waals surface area contributed by atoms with E-state index in [9.17, 15) is 15.0 Å². The van der Waals surface area contributed by atoms with Crippen LogP contribution >= 0.6 is 0 Å². The second-order valence-electron chi connectivity index (χ2n) is 17.6. The van der Waals surface area contributed by atoms with Crippen molar-refractivity contribution in [2.75, 3.05) is 6.61 Å². The third-order valence-electron chi connectivity index (χ3n) is 11.7. The van der Waals surface area contributed by atoms with Gasteiger partial charge in [0, 0.05) is 6.42 Å². The number of carbonyl (C=O) groups excluding carboxylic acids is 1. The monoisotopic (exact) mass is 836 g/mol. The van der Waals surface area contributed by atoms with Crippen molar-refractivity contribution in [2.24, 2.45) is 0 Å². The highest BCUT2D eigenvalue weighted by atomic mass is 16.3. The summed E-state index contributed by atoms with van der Waals surface area (Å²) in [4.78, 5) is 12.4. The molecule has 2 unspecified atom stereocenters. The smallest absolute Gasteiger partial charge is 0.220 e. The molecule has 0 aromatic carbocycles.